The van der Waals surface area contributed by atoms with Gasteiger partial charge in [-0.2, -0.15) is 18.2 Å². The van der Waals surface area contributed by atoms with Gasteiger partial charge in [0.25, 0.3) is 5.56 Å². The first-order valence-electron chi connectivity index (χ1n) is 6.67. The molecule has 2 aromatic rings. The van der Waals surface area contributed by atoms with Crippen LogP contribution in [0.1, 0.15) is 22.3 Å². The van der Waals surface area contributed by atoms with Crippen LogP contribution in [-0.4, -0.2) is 10.0 Å². The SMILES string of the molecule is O=c1[nH]cc(CON2Cc3ccccc3C2)cc1C(F)(F)F. The van der Waals surface area contributed by atoms with E-state index >= 15 is 0 Å². The summed E-state index contributed by atoms with van der Waals surface area (Å²) in [5.74, 6) is 0. The summed E-state index contributed by atoms with van der Waals surface area (Å²) in [7, 11) is 0. The molecule has 0 saturated heterocycles. The van der Waals surface area contributed by atoms with E-state index in [1.54, 1.807) is 5.06 Å². The molecule has 1 aliphatic rings. The van der Waals surface area contributed by atoms with Crippen molar-refractivity contribution in [3.63, 3.8) is 0 Å². The highest BCUT2D eigenvalue weighted by Crippen LogP contribution is 2.27. The number of alkyl halides is 3. The number of pyridine rings is 1. The third-order valence-corrected chi connectivity index (χ3v) is 3.49. The second-order valence-corrected chi connectivity index (χ2v) is 5.09. The average Bonchev–Trinajstić information content (AvgIpc) is 2.88. The normalized spacial score (nSPS) is 15.0. The van der Waals surface area contributed by atoms with Gasteiger partial charge in [0.1, 0.15) is 5.56 Å². The van der Waals surface area contributed by atoms with Crippen LogP contribution in [0, 0.1) is 0 Å². The standard InChI is InChI=1S/C15H13F3N2O2/c16-15(17,18)13-5-10(6-19-14(13)21)9-22-20-7-11-3-1-2-4-12(11)8-20/h1-6H,7-9H2,(H,19,21). The van der Waals surface area contributed by atoms with Crippen molar-refractivity contribution in [3.05, 3.63) is 69.1 Å². The van der Waals surface area contributed by atoms with E-state index < -0.39 is 17.3 Å². The molecule has 0 aliphatic carbocycles. The zero-order chi connectivity index (χ0) is 15.7. The molecular weight excluding hydrogens is 297 g/mol. The number of fused-ring (bicyclic) bond motifs is 1. The van der Waals surface area contributed by atoms with E-state index in [2.05, 4.69) is 4.98 Å². The zero-order valence-electron chi connectivity index (χ0n) is 11.5. The van der Waals surface area contributed by atoms with Gasteiger partial charge in [-0.1, -0.05) is 24.3 Å². The predicted molar refractivity (Wildman–Crippen MR) is 72.5 cm³/mol. The van der Waals surface area contributed by atoms with E-state index in [1.165, 1.54) is 6.20 Å². The molecule has 7 heteroatoms. The van der Waals surface area contributed by atoms with Crippen molar-refractivity contribution in [3.8, 4) is 0 Å². The highest BCUT2D eigenvalue weighted by Gasteiger charge is 2.34. The molecule has 4 nitrogen and oxygen atoms in total. The second kappa shape index (κ2) is 5.58. The van der Waals surface area contributed by atoms with E-state index in [0.717, 1.165) is 17.2 Å². The van der Waals surface area contributed by atoms with Crippen molar-refractivity contribution in [2.24, 2.45) is 0 Å². The topological polar surface area (TPSA) is 45.3 Å². The summed E-state index contributed by atoms with van der Waals surface area (Å²) < 4.78 is 38.0. The van der Waals surface area contributed by atoms with Crippen LogP contribution in [-0.2, 0) is 30.7 Å². The van der Waals surface area contributed by atoms with Crippen molar-refractivity contribution in [2.45, 2.75) is 25.9 Å². The highest BCUT2D eigenvalue weighted by molar-refractivity contribution is 5.29. The molecule has 0 amide bonds. The zero-order valence-corrected chi connectivity index (χ0v) is 11.5. The molecule has 116 valence electrons. The summed E-state index contributed by atoms with van der Waals surface area (Å²) in [6.07, 6.45) is -3.44. The molecule has 1 N–H and O–H groups in total. The number of hydroxylamine groups is 2. The fourth-order valence-corrected chi connectivity index (χ4v) is 2.38. The van der Waals surface area contributed by atoms with Crippen LogP contribution in [0.25, 0.3) is 0 Å². The van der Waals surface area contributed by atoms with Crippen LogP contribution in [0.15, 0.2) is 41.3 Å². The number of hydrogen-bond donors (Lipinski definition) is 1. The molecule has 0 saturated carbocycles. The van der Waals surface area contributed by atoms with E-state index in [1.807, 2.05) is 24.3 Å². The highest BCUT2D eigenvalue weighted by atomic mass is 19.4. The number of rotatable bonds is 3. The van der Waals surface area contributed by atoms with Crippen molar-refractivity contribution in [1.82, 2.24) is 10.0 Å². The summed E-state index contributed by atoms with van der Waals surface area (Å²) in [5, 5.41) is 1.68. The second-order valence-electron chi connectivity index (χ2n) is 5.09. The van der Waals surface area contributed by atoms with Crippen molar-refractivity contribution < 1.29 is 18.0 Å². The van der Waals surface area contributed by atoms with E-state index in [-0.39, 0.29) is 12.2 Å². The molecule has 22 heavy (non-hydrogen) atoms. The number of aromatic amines is 1. The van der Waals surface area contributed by atoms with Crippen LogP contribution < -0.4 is 5.56 Å². The fraction of sp³-hybridized carbons (Fsp3) is 0.267. The molecule has 1 aliphatic heterocycles. The Morgan fingerprint density at radius 1 is 1.18 bits per heavy atom. The molecule has 1 aromatic heterocycles. The van der Waals surface area contributed by atoms with Crippen molar-refractivity contribution in [2.75, 3.05) is 0 Å². The maximum Gasteiger partial charge on any atom is 0.421 e. The predicted octanol–water partition coefficient (Wildman–Crippen LogP) is 2.84. The lowest BCUT2D eigenvalue weighted by Gasteiger charge is -2.15. The van der Waals surface area contributed by atoms with Crippen molar-refractivity contribution >= 4 is 0 Å². The number of halogens is 3. The molecular formula is C15H13F3N2O2. The lowest BCUT2D eigenvalue weighted by molar-refractivity contribution is -0.176. The molecule has 0 radical (unpaired) electrons. The molecule has 0 unspecified atom stereocenters. The quantitative estimate of drug-likeness (QED) is 0.948. The minimum Gasteiger partial charge on any atom is -0.328 e. The largest absolute Gasteiger partial charge is 0.421 e. The number of nitrogens with one attached hydrogen (secondary N) is 1. The van der Waals surface area contributed by atoms with Gasteiger partial charge in [0.05, 0.1) is 6.61 Å². The van der Waals surface area contributed by atoms with Gasteiger partial charge in [0.15, 0.2) is 0 Å². The van der Waals surface area contributed by atoms with Gasteiger partial charge in [-0.05, 0) is 22.8 Å². The molecule has 0 fully saturated rings. The third kappa shape index (κ3) is 3.05. The summed E-state index contributed by atoms with van der Waals surface area (Å²) >= 11 is 0. The number of H-pyrrole nitrogens is 1. The number of nitrogens with zero attached hydrogens (tertiary/aromatic N) is 1. The minimum absolute atomic E-state index is 0.0339. The monoisotopic (exact) mass is 310 g/mol. The smallest absolute Gasteiger partial charge is 0.328 e. The van der Waals surface area contributed by atoms with E-state index in [9.17, 15) is 18.0 Å². The Kier molecular flexibility index (Phi) is 3.76. The first kappa shape index (κ1) is 14.8. The van der Waals surface area contributed by atoms with Crippen LogP contribution in [0.4, 0.5) is 13.2 Å². The van der Waals surface area contributed by atoms with E-state index in [4.69, 9.17) is 4.84 Å². The van der Waals surface area contributed by atoms with Gasteiger partial charge in [0.2, 0.25) is 0 Å². The summed E-state index contributed by atoms with van der Waals surface area (Å²) in [4.78, 5) is 18.8. The van der Waals surface area contributed by atoms with Crippen LogP contribution in [0.2, 0.25) is 0 Å². The molecule has 0 atom stereocenters. The van der Waals surface area contributed by atoms with Crippen LogP contribution >= 0.6 is 0 Å². The number of aromatic nitrogens is 1. The summed E-state index contributed by atoms with van der Waals surface area (Å²) in [6, 6.07) is 8.66. The maximum absolute atomic E-state index is 12.7. The Morgan fingerprint density at radius 3 is 2.41 bits per heavy atom. The Morgan fingerprint density at radius 2 is 1.82 bits per heavy atom. The van der Waals surface area contributed by atoms with Gasteiger partial charge in [-0.15, -0.1) is 0 Å². The molecule has 1 aromatic carbocycles. The van der Waals surface area contributed by atoms with Gasteiger partial charge in [0, 0.05) is 19.3 Å². The average molecular weight is 310 g/mol. The first-order chi connectivity index (χ1) is 10.4. The Labute approximate surface area is 124 Å². The lowest BCUT2D eigenvalue weighted by Crippen LogP contribution is -2.22. The van der Waals surface area contributed by atoms with Gasteiger partial charge in [-0.25, -0.2) is 0 Å². The summed E-state index contributed by atoms with van der Waals surface area (Å²) in [5.41, 5.74) is 0.186. The number of benzene rings is 1. The molecule has 0 bridgehead atoms. The third-order valence-electron chi connectivity index (χ3n) is 3.49. The molecule has 0 spiro atoms. The Balaban J connectivity index is 1.67. The maximum atomic E-state index is 12.7. The number of hydrogen-bond acceptors (Lipinski definition) is 3. The first-order valence-corrected chi connectivity index (χ1v) is 6.67. The Bertz CT molecular complexity index is 715. The van der Waals surface area contributed by atoms with Crippen molar-refractivity contribution in [1.29, 1.82) is 0 Å². The molecule has 2 heterocycles. The van der Waals surface area contributed by atoms with Crippen LogP contribution in [0.3, 0.4) is 0 Å². The van der Waals surface area contributed by atoms with Gasteiger partial charge >= 0.3 is 6.18 Å². The summed E-state index contributed by atoms with van der Waals surface area (Å²) in [6.45, 7) is 1.14. The van der Waals surface area contributed by atoms with Crippen LogP contribution in [0.5, 0.6) is 0 Å². The van der Waals surface area contributed by atoms with E-state index in [0.29, 0.717) is 13.1 Å². The minimum atomic E-state index is -4.67. The fourth-order valence-electron chi connectivity index (χ4n) is 2.38. The Hall–Kier alpha value is -2.12. The lowest BCUT2D eigenvalue weighted by atomic mass is 10.1. The van der Waals surface area contributed by atoms with Gasteiger partial charge < -0.3 is 4.98 Å². The van der Waals surface area contributed by atoms with Gasteiger partial charge in [-0.3, -0.25) is 9.63 Å². The molecule has 3 rings (SSSR count).